The smallest absolute Gasteiger partial charge is 0.337 e. The summed E-state index contributed by atoms with van der Waals surface area (Å²) in [5.74, 6) is -4.34. The minimum Gasteiger partial charge on any atom is -0.478 e. The van der Waals surface area contributed by atoms with Gasteiger partial charge in [-0.1, -0.05) is 115 Å². The van der Waals surface area contributed by atoms with Gasteiger partial charge in [0.2, 0.25) is 13.6 Å². The number of carboxylic acids is 1. The largest absolute Gasteiger partial charge is 0.478 e. The van der Waals surface area contributed by atoms with Crippen LogP contribution in [-0.2, 0) is 51.0 Å². The summed E-state index contributed by atoms with van der Waals surface area (Å²) >= 11 is 12.1. The predicted molar refractivity (Wildman–Crippen MR) is 303 cm³/mol. The second-order valence-corrected chi connectivity index (χ2v) is 19.7. The number of aromatic nitrogens is 3. The maximum atomic E-state index is 13.1. The summed E-state index contributed by atoms with van der Waals surface area (Å²) in [7, 11) is 0. The molecule has 1 aromatic heterocycles. The van der Waals surface area contributed by atoms with E-state index >= 15 is 0 Å². The number of carboxylic acid groups (broad SMARTS) is 1. The van der Waals surface area contributed by atoms with E-state index in [1.54, 1.807) is 12.1 Å². The molecule has 24 heteroatoms. The van der Waals surface area contributed by atoms with Gasteiger partial charge in [-0.25, -0.2) is 14.4 Å². The third-order valence-electron chi connectivity index (χ3n) is 12.4. The molecule has 6 aromatic carbocycles. The molecule has 22 nitrogen and oxygen atoms in total. The highest BCUT2D eigenvalue weighted by Crippen LogP contribution is 2.34. The Bertz CT molecular complexity index is 3380. The van der Waals surface area contributed by atoms with Gasteiger partial charge in [-0.3, -0.25) is 14.4 Å². The molecule has 83 heavy (non-hydrogen) atoms. The van der Waals surface area contributed by atoms with E-state index in [9.17, 15) is 49.3 Å². The number of carbonyl (C=O) groups is 6. The van der Waals surface area contributed by atoms with E-state index in [1.165, 1.54) is 30.3 Å². The number of fused-ring (bicyclic) bond motifs is 2. The number of nitrogens with zero attached hydrogens (tertiary/aromatic N) is 5. The van der Waals surface area contributed by atoms with Gasteiger partial charge in [0.25, 0.3) is 5.91 Å². The molecule has 8 N–H and O–H groups in total. The standard InChI is InChI=1S/C29H29ClN4O7.C22H26ClNO5.C8H6N2O3/c1-2-4-27(36)40-17-41-29(38)26(35)16-23(31-28(37)21-11-12-24-25(15-21)34(39)33-32-24)13-18-7-9-19(10-8-18)20-5-3-6-22(30)14-20;1-2-4-21(26)28-14-29-22(27)20(25)13-19(24)11-15-7-9-16(10-8-15)17-5-3-6-18(23)12-17;11-7-5-3-4(8(12)13)1-2-6(5)9-10-7/h3,5-12,14-15,23,26,35,39H,2,4,13,16-17H2,1H3,(H,31,37);3,5-10,12,19-20,25H,2,4,11,13-14,24H2,1H3;1-3,7,11H,(H,12,13)/t23-,26-;19-,20-;/m11./s1. The average molecular weight is 1180 g/mol. The zero-order valence-corrected chi connectivity index (χ0v) is 46.6. The van der Waals surface area contributed by atoms with Crippen molar-refractivity contribution in [3.8, 4) is 22.3 Å². The molecule has 8 rings (SSSR count). The number of aromatic carboxylic acids is 1. The van der Waals surface area contributed by atoms with Gasteiger partial charge >= 0.3 is 29.8 Å². The van der Waals surface area contributed by atoms with Gasteiger partial charge in [-0.05, 0) is 131 Å². The molecule has 5 atom stereocenters. The van der Waals surface area contributed by atoms with Crippen molar-refractivity contribution in [2.75, 3.05) is 13.6 Å². The Morgan fingerprint density at radius 1 is 0.651 bits per heavy atom. The molecule has 436 valence electrons. The highest BCUT2D eigenvalue weighted by atomic mass is 35.5. The predicted octanol–water partition coefficient (Wildman–Crippen LogP) is 8.87. The van der Waals surface area contributed by atoms with Crippen LogP contribution in [0.25, 0.3) is 33.3 Å². The molecule has 0 saturated carbocycles. The van der Waals surface area contributed by atoms with Crippen molar-refractivity contribution in [2.24, 2.45) is 16.0 Å². The Morgan fingerprint density at radius 2 is 1.18 bits per heavy atom. The van der Waals surface area contributed by atoms with Crippen LogP contribution in [0.2, 0.25) is 10.0 Å². The first-order valence-electron chi connectivity index (χ1n) is 26.1. The lowest BCUT2D eigenvalue weighted by Crippen LogP contribution is -2.41. The van der Waals surface area contributed by atoms with Crippen LogP contribution in [0, 0.1) is 0 Å². The fraction of sp³-hybridized carbons (Fsp3) is 0.288. The van der Waals surface area contributed by atoms with Crippen molar-refractivity contribution >= 4 is 75.7 Å². The number of halogens is 2. The van der Waals surface area contributed by atoms with Crippen molar-refractivity contribution in [1.82, 2.24) is 20.5 Å². The maximum Gasteiger partial charge on any atom is 0.337 e. The second-order valence-electron chi connectivity index (χ2n) is 18.8. The molecule has 1 aliphatic rings. The van der Waals surface area contributed by atoms with Crippen LogP contribution in [0.5, 0.6) is 0 Å². The van der Waals surface area contributed by atoms with Crippen LogP contribution < -0.4 is 11.1 Å². The van der Waals surface area contributed by atoms with Gasteiger partial charge in [-0.2, -0.15) is 10.2 Å². The normalized spacial score (nSPS) is 13.6. The van der Waals surface area contributed by atoms with Gasteiger partial charge in [0, 0.05) is 52.5 Å². The molecule has 1 amide bonds. The lowest BCUT2D eigenvalue weighted by atomic mass is 9.97. The van der Waals surface area contributed by atoms with Gasteiger partial charge < -0.3 is 55.6 Å². The van der Waals surface area contributed by atoms with Crippen molar-refractivity contribution < 1.29 is 73.3 Å². The van der Waals surface area contributed by atoms with Gasteiger partial charge in [0.15, 0.2) is 18.4 Å². The Hall–Kier alpha value is -8.64. The van der Waals surface area contributed by atoms with Crippen LogP contribution in [0.15, 0.2) is 144 Å². The van der Waals surface area contributed by atoms with Gasteiger partial charge in [-0.15, -0.1) is 5.10 Å². The second kappa shape index (κ2) is 31.5. The number of aliphatic hydroxyl groups is 3. The molecule has 0 radical (unpaired) electrons. The van der Waals surface area contributed by atoms with Crippen LogP contribution in [-0.4, -0.2) is 114 Å². The Labute approximate surface area is 486 Å². The number of aliphatic hydroxyl groups excluding tert-OH is 3. The molecule has 2 heterocycles. The van der Waals surface area contributed by atoms with E-state index in [0.717, 1.165) is 33.4 Å². The Morgan fingerprint density at radius 3 is 1.71 bits per heavy atom. The molecular weight excluding hydrogens is 1120 g/mol. The molecule has 1 aliphatic heterocycles. The van der Waals surface area contributed by atoms with E-state index in [-0.39, 0.29) is 48.7 Å². The van der Waals surface area contributed by atoms with Crippen molar-refractivity contribution in [3.63, 3.8) is 0 Å². The number of nitrogens with one attached hydrogen (secondary N) is 1. The van der Waals surface area contributed by atoms with E-state index in [0.29, 0.717) is 50.9 Å². The molecule has 0 fully saturated rings. The van der Waals surface area contributed by atoms with E-state index < -0.39 is 79.9 Å². The number of benzene rings is 6. The van der Waals surface area contributed by atoms with E-state index in [1.807, 2.05) is 105 Å². The molecule has 0 bridgehead atoms. The number of azo groups is 1. The molecule has 0 aliphatic carbocycles. The SMILES string of the molecule is CCCC(=O)OCOC(=O)[C@H](O)C[C@@H](Cc1ccc(-c2cccc(Cl)c2)cc1)NC(=O)c1ccc2nnn(O)c2c1.CCCC(=O)OCOC(=O)[C@H](O)C[C@H](N)Cc1ccc(-c2cccc(Cl)c2)cc1.O=C(O)c1ccc2c(c1)C(O)N=N2. The number of rotatable bonds is 23. The average Bonchev–Trinajstić information content (AvgIpc) is 4.29. The number of nitrogens with two attached hydrogens (primary N) is 1. The first-order valence-corrected chi connectivity index (χ1v) is 26.8. The third-order valence-corrected chi connectivity index (χ3v) is 12.9. The first-order chi connectivity index (χ1) is 39.8. The van der Waals surface area contributed by atoms with Crippen LogP contribution >= 0.6 is 23.2 Å². The number of esters is 4. The lowest BCUT2D eigenvalue weighted by Gasteiger charge is -2.21. The van der Waals surface area contributed by atoms with Crippen LogP contribution in [0.3, 0.4) is 0 Å². The highest BCUT2D eigenvalue weighted by molar-refractivity contribution is 6.31. The quantitative estimate of drug-likeness (QED) is 0.0178. The summed E-state index contributed by atoms with van der Waals surface area (Å²) in [5.41, 5.74) is 13.8. The zero-order chi connectivity index (χ0) is 60.0. The summed E-state index contributed by atoms with van der Waals surface area (Å²) in [4.78, 5) is 71.1. The van der Waals surface area contributed by atoms with Crippen LogP contribution in [0.1, 0.15) is 96.0 Å². The molecule has 1 unspecified atom stereocenters. The molecule has 0 spiro atoms. The highest BCUT2D eigenvalue weighted by Gasteiger charge is 2.26. The van der Waals surface area contributed by atoms with Gasteiger partial charge in [0.1, 0.15) is 11.0 Å². The topological polar surface area (TPSA) is 334 Å². The fourth-order valence-electron chi connectivity index (χ4n) is 8.15. The lowest BCUT2D eigenvalue weighted by molar-refractivity contribution is -0.175. The van der Waals surface area contributed by atoms with Crippen molar-refractivity contribution in [2.45, 2.75) is 95.7 Å². The number of hydrogen-bond donors (Lipinski definition) is 7. The Kier molecular flexibility index (Phi) is 24.1. The minimum absolute atomic E-state index is 0.0395. The van der Waals surface area contributed by atoms with Crippen LogP contribution in [0.4, 0.5) is 5.69 Å². The number of ether oxygens (including phenoxy) is 4. The number of amides is 1. The number of carbonyl (C=O) groups excluding carboxylic acids is 5. The zero-order valence-electron chi connectivity index (χ0n) is 45.0. The summed E-state index contributed by atoms with van der Waals surface area (Å²) in [5, 5.41) is 66.8. The van der Waals surface area contributed by atoms with E-state index in [4.69, 9.17) is 53.0 Å². The monoisotopic (exact) mass is 1180 g/mol. The third kappa shape index (κ3) is 19.8. The number of hydrogen-bond acceptors (Lipinski definition) is 19. The van der Waals surface area contributed by atoms with Gasteiger partial charge in [0.05, 0.1) is 11.3 Å². The minimum atomic E-state index is -1.60. The summed E-state index contributed by atoms with van der Waals surface area (Å²) in [6, 6.07) is 38.2. The molecule has 7 aromatic rings. The fourth-order valence-corrected chi connectivity index (χ4v) is 8.53. The molecular formula is C59H61Cl2N7O15. The Balaban J connectivity index is 0.000000227. The van der Waals surface area contributed by atoms with E-state index in [2.05, 4.69) is 25.9 Å². The summed E-state index contributed by atoms with van der Waals surface area (Å²) in [6.45, 7) is 2.53. The van der Waals surface area contributed by atoms with Crippen molar-refractivity contribution in [1.29, 1.82) is 0 Å². The van der Waals surface area contributed by atoms with Crippen molar-refractivity contribution in [3.05, 3.63) is 171 Å². The first kappa shape index (κ1) is 63.5. The molecule has 0 saturated heterocycles. The summed E-state index contributed by atoms with van der Waals surface area (Å²) in [6.07, 6.45) is -1.69. The summed E-state index contributed by atoms with van der Waals surface area (Å²) < 4.78 is 19.2. The maximum absolute atomic E-state index is 13.1.